The standard InChI is InChI=1S/C23H25N7O.C12H15N3O3.C11H11ClN4.C7H3Cl2N3.C4H9N/c1-15-11-17(12-19(31-3)16(15)2)30-13-20(25-14-30)26-23-27-21-18(7-6-8-24-21)22(28-23)29-9-4-5-10-29;1-16-9-4-8(15-6-11(13)14-7-15)5-10(17-2)12(9)18-3;12-11-14-9-8(4-3-5-13-9)10(15-11)16-6-1-2-7-16;8-5-4-2-1-3-10-6(4)12-7(9)11-5;1-2-4-5-3-1/h6-8,11-14H,4-5,9-10H2,1-3H3,(H,24,26,27,28);4-7H,13H2,1-3H3;3-5H,1-2,6-7H2;1-3H;5H,1-4H2. The fraction of sp³-hybridized carbons (Fsp3) is 0.316. The number of methoxy groups -OCH3 is 4. The number of nitrogen functional groups attached to an aromatic ring is 1. The third-order valence-corrected chi connectivity index (χ3v) is 14.2. The Morgan fingerprint density at radius 1 is 0.537 bits per heavy atom. The molecule has 0 spiro atoms. The van der Waals surface area contributed by atoms with E-state index in [1.165, 1.54) is 51.6 Å². The lowest BCUT2D eigenvalue weighted by Crippen LogP contribution is -2.20. The molecule has 0 radical (unpaired) electrons. The lowest BCUT2D eigenvalue weighted by Gasteiger charge is -2.18. The lowest BCUT2D eigenvalue weighted by atomic mass is 10.1. The molecule has 0 atom stereocenters. The van der Waals surface area contributed by atoms with Gasteiger partial charge in [0.25, 0.3) is 0 Å². The number of imidazole rings is 2. The summed E-state index contributed by atoms with van der Waals surface area (Å²) in [5.74, 6) is 6.03. The molecule has 0 saturated carbocycles. The van der Waals surface area contributed by atoms with Gasteiger partial charge in [-0.15, -0.1) is 0 Å². The van der Waals surface area contributed by atoms with E-state index in [1.54, 1.807) is 82.6 Å². The molecule has 0 unspecified atom stereocenters. The van der Waals surface area contributed by atoms with Gasteiger partial charge in [0.1, 0.15) is 41.0 Å². The van der Waals surface area contributed by atoms with E-state index in [9.17, 15) is 0 Å². The first-order valence-electron chi connectivity index (χ1n) is 26.5. The zero-order chi connectivity index (χ0) is 57.5. The lowest BCUT2D eigenvalue weighted by molar-refractivity contribution is 0.324. The molecule has 0 bridgehead atoms. The van der Waals surface area contributed by atoms with Gasteiger partial charge < -0.3 is 54.2 Å². The third kappa shape index (κ3) is 14.4. The minimum Gasteiger partial charge on any atom is -0.496 e. The van der Waals surface area contributed by atoms with Gasteiger partial charge in [-0.25, -0.2) is 29.9 Å². The average Bonchev–Trinajstić information content (AvgIpc) is 4.41. The van der Waals surface area contributed by atoms with Crippen molar-refractivity contribution < 1.29 is 18.9 Å². The number of ether oxygens (including phenoxy) is 4. The van der Waals surface area contributed by atoms with Gasteiger partial charge in [0.15, 0.2) is 34.3 Å². The fourth-order valence-corrected chi connectivity index (χ4v) is 9.89. The van der Waals surface area contributed by atoms with Crippen molar-refractivity contribution in [3.8, 4) is 34.4 Å². The minimum absolute atomic E-state index is 0.117. The summed E-state index contributed by atoms with van der Waals surface area (Å²) in [4.78, 5) is 51.2. The second-order valence-electron chi connectivity index (χ2n) is 18.9. The Morgan fingerprint density at radius 3 is 1.57 bits per heavy atom. The van der Waals surface area contributed by atoms with E-state index in [1.807, 2.05) is 53.2 Å². The number of hydrogen-bond acceptors (Lipinski definition) is 20. The largest absolute Gasteiger partial charge is 0.496 e. The normalized spacial score (nSPS) is 13.5. The van der Waals surface area contributed by atoms with Crippen LogP contribution in [0.25, 0.3) is 44.5 Å². The summed E-state index contributed by atoms with van der Waals surface area (Å²) in [5.41, 5.74) is 11.6. The second-order valence-corrected chi connectivity index (χ2v) is 19.9. The number of rotatable bonds is 10. The molecule has 11 heterocycles. The molecule has 426 valence electrons. The number of halogens is 3. The number of nitrogens with two attached hydrogens (primary N) is 1. The van der Waals surface area contributed by atoms with E-state index in [0.717, 1.165) is 76.8 Å². The first-order valence-corrected chi connectivity index (χ1v) is 27.7. The van der Waals surface area contributed by atoms with Crippen molar-refractivity contribution >= 4 is 97.1 Å². The van der Waals surface area contributed by atoms with Crippen LogP contribution in [-0.4, -0.2) is 132 Å². The molecule has 3 saturated heterocycles. The summed E-state index contributed by atoms with van der Waals surface area (Å²) in [6, 6.07) is 19.2. The number of hydrogen-bond donors (Lipinski definition) is 3. The summed E-state index contributed by atoms with van der Waals surface area (Å²) in [6.07, 6.45) is 19.7. The molecule has 25 heteroatoms. The number of fused-ring (bicyclic) bond motifs is 3. The van der Waals surface area contributed by atoms with Crippen LogP contribution in [0.1, 0.15) is 49.7 Å². The molecule has 10 aromatic rings. The number of aryl methyl sites for hydroxylation is 1. The van der Waals surface area contributed by atoms with Crippen molar-refractivity contribution in [2.75, 3.05) is 88.6 Å². The molecule has 4 N–H and O–H groups in total. The maximum Gasteiger partial charge on any atom is 0.232 e. The second kappa shape index (κ2) is 27.8. The highest BCUT2D eigenvalue weighted by molar-refractivity contribution is 6.35. The molecule has 22 nitrogen and oxygen atoms in total. The number of benzene rings is 2. The van der Waals surface area contributed by atoms with Crippen molar-refractivity contribution in [1.82, 2.24) is 69.3 Å². The van der Waals surface area contributed by atoms with Crippen molar-refractivity contribution in [3.63, 3.8) is 0 Å². The van der Waals surface area contributed by atoms with Crippen molar-refractivity contribution in [3.05, 3.63) is 131 Å². The Bertz CT molecular complexity index is 3730. The van der Waals surface area contributed by atoms with E-state index in [2.05, 4.69) is 90.2 Å². The van der Waals surface area contributed by atoms with E-state index < -0.39 is 0 Å². The third-order valence-electron chi connectivity index (χ3n) is 13.5. The average molecular weight is 1170 g/mol. The highest BCUT2D eigenvalue weighted by Gasteiger charge is 2.21. The van der Waals surface area contributed by atoms with Crippen LogP contribution in [-0.2, 0) is 0 Å². The number of aromatic nitrogens is 13. The van der Waals surface area contributed by atoms with Crippen LogP contribution in [0.4, 0.5) is 29.2 Å². The molecular weight excluding hydrogens is 1110 g/mol. The summed E-state index contributed by atoms with van der Waals surface area (Å²) in [6.45, 7) is 10.7. The van der Waals surface area contributed by atoms with Crippen molar-refractivity contribution in [2.45, 2.75) is 52.4 Å². The zero-order valence-electron chi connectivity index (χ0n) is 46.4. The van der Waals surface area contributed by atoms with Crippen LogP contribution in [0, 0.1) is 13.8 Å². The van der Waals surface area contributed by atoms with E-state index in [-0.39, 0.29) is 10.6 Å². The van der Waals surface area contributed by atoms with Crippen LogP contribution in [0.2, 0.25) is 15.7 Å². The Kier molecular flexibility index (Phi) is 19.8. The fourth-order valence-electron chi connectivity index (χ4n) is 9.30. The van der Waals surface area contributed by atoms with Gasteiger partial charge >= 0.3 is 0 Å². The molecule has 82 heavy (non-hydrogen) atoms. The highest BCUT2D eigenvalue weighted by atomic mass is 35.5. The van der Waals surface area contributed by atoms with E-state index in [4.69, 9.17) is 64.5 Å². The molecule has 3 aliphatic rings. The predicted molar refractivity (Wildman–Crippen MR) is 323 cm³/mol. The molecule has 3 aliphatic heterocycles. The van der Waals surface area contributed by atoms with Gasteiger partial charge in [-0.1, -0.05) is 11.6 Å². The highest BCUT2D eigenvalue weighted by Crippen LogP contribution is 2.39. The monoisotopic (exact) mass is 1170 g/mol. The maximum atomic E-state index is 5.91. The first-order chi connectivity index (χ1) is 39.9. The quantitative estimate of drug-likeness (QED) is 0.0851. The molecule has 2 aromatic carbocycles. The van der Waals surface area contributed by atoms with Gasteiger partial charge in [0, 0.05) is 63.0 Å². The maximum absolute atomic E-state index is 5.91. The van der Waals surface area contributed by atoms with Crippen LogP contribution >= 0.6 is 34.8 Å². The van der Waals surface area contributed by atoms with E-state index >= 15 is 0 Å². The summed E-state index contributed by atoms with van der Waals surface area (Å²) in [7, 11) is 6.40. The van der Waals surface area contributed by atoms with Gasteiger partial charge in [0.05, 0.1) is 68.4 Å². The van der Waals surface area contributed by atoms with Gasteiger partial charge in [-0.2, -0.15) is 24.9 Å². The summed E-state index contributed by atoms with van der Waals surface area (Å²) >= 11 is 17.3. The Balaban J connectivity index is 0.000000136. The smallest absolute Gasteiger partial charge is 0.232 e. The Labute approximate surface area is 489 Å². The number of anilines is 5. The Morgan fingerprint density at radius 2 is 1.04 bits per heavy atom. The van der Waals surface area contributed by atoms with Crippen molar-refractivity contribution in [1.29, 1.82) is 0 Å². The SMILES string of the molecule is C1CCNC1.COc1cc(-n2cnc(N)c2)cc(OC)c1OC.COc1cc(-n2cnc(Nc3nc(N4CCCC4)c4cccnc4n3)c2)cc(C)c1C.Clc1nc(Cl)c2cccnc2n1.Clc1nc(N2CCCC2)c2cccnc2n1. The molecule has 13 rings (SSSR count). The van der Waals surface area contributed by atoms with Crippen LogP contribution in [0.3, 0.4) is 0 Å². The topological polar surface area (TPSA) is 245 Å². The van der Waals surface area contributed by atoms with Crippen LogP contribution in [0.5, 0.6) is 23.0 Å². The van der Waals surface area contributed by atoms with Gasteiger partial charge in [0.2, 0.25) is 22.3 Å². The van der Waals surface area contributed by atoms with Gasteiger partial charge in [-0.3, -0.25) is 0 Å². The summed E-state index contributed by atoms with van der Waals surface area (Å²) < 4.78 is 25.1. The summed E-state index contributed by atoms with van der Waals surface area (Å²) in [5, 5.41) is 9.86. The first kappa shape index (κ1) is 58.2. The molecule has 0 amide bonds. The van der Waals surface area contributed by atoms with Gasteiger partial charge in [-0.05, 0) is 142 Å². The number of nitrogens with zero attached hydrogens (tertiary/aromatic N) is 15. The predicted octanol–water partition coefficient (Wildman–Crippen LogP) is 10.6. The molecular formula is C57H63Cl3N18O4. The van der Waals surface area contributed by atoms with E-state index in [0.29, 0.717) is 62.3 Å². The molecule has 3 fully saturated rings. The molecule has 0 aliphatic carbocycles. The Hall–Kier alpha value is -8.44. The molecule has 8 aromatic heterocycles. The number of nitrogens with one attached hydrogen (secondary N) is 2. The van der Waals surface area contributed by atoms with Crippen LogP contribution < -0.4 is 45.1 Å². The van der Waals surface area contributed by atoms with Crippen molar-refractivity contribution in [2.24, 2.45) is 0 Å². The minimum atomic E-state index is 0.117. The van der Waals surface area contributed by atoms with Crippen LogP contribution in [0.15, 0.2) is 104 Å². The zero-order valence-corrected chi connectivity index (χ0v) is 48.6. The number of pyridine rings is 3.